The van der Waals surface area contributed by atoms with Gasteiger partial charge in [0, 0.05) is 31.8 Å². The van der Waals surface area contributed by atoms with E-state index in [0.717, 1.165) is 0 Å². The summed E-state index contributed by atoms with van der Waals surface area (Å²) >= 11 is 0. The summed E-state index contributed by atoms with van der Waals surface area (Å²) < 4.78 is 0. The van der Waals surface area contributed by atoms with Crippen molar-refractivity contribution >= 4 is 35.6 Å². The van der Waals surface area contributed by atoms with E-state index >= 15 is 0 Å². The van der Waals surface area contributed by atoms with Crippen molar-refractivity contribution in [2.75, 3.05) is 7.05 Å². The fourth-order valence-corrected chi connectivity index (χ4v) is 2.46. The Morgan fingerprint density at radius 1 is 1.08 bits per heavy atom. The zero-order valence-corrected chi connectivity index (χ0v) is 16.9. The smallest absolute Gasteiger partial charge is 0.274 e. The molecule has 0 fully saturated rings. The van der Waals surface area contributed by atoms with Gasteiger partial charge in [-0.25, -0.2) is 0 Å². The Hall–Kier alpha value is -2.16. The Morgan fingerprint density at radius 3 is 2.32 bits per heavy atom. The van der Waals surface area contributed by atoms with Crippen LogP contribution in [-0.4, -0.2) is 17.9 Å². The van der Waals surface area contributed by atoms with E-state index < -0.39 is 0 Å². The lowest BCUT2D eigenvalue weighted by Crippen LogP contribution is -2.36. The van der Waals surface area contributed by atoms with Crippen LogP contribution in [0.15, 0.2) is 47.5 Å². The lowest BCUT2D eigenvalue weighted by molar-refractivity contribution is -0.385. The van der Waals surface area contributed by atoms with Gasteiger partial charge in [-0.05, 0) is 25.0 Å². The Balaban J connectivity index is 0.00000312. The van der Waals surface area contributed by atoms with Gasteiger partial charge < -0.3 is 10.6 Å². The number of hydrogen-bond acceptors (Lipinski definition) is 3. The van der Waals surface area contributed by atoms with Gasteiger partial charge in [-0.3, -0.25) is 15.1 Å². The van der Waals surface area contributed by atoms with Crippen LogP contribution in [0, 0.1) is 24.0 Å². The standard InChI is InChI=1S/C18H22N4O2.HI/c1-13-8-9-15(14(2)10-13)11-20-18(19-3)21-12-16-6-4-5-7-17(16)22(23)24;/h4-10H,11-12H2,1-3H3,(H2,19,20,21);1H. The third-order valence-electron chi connectivity index (χ3n) is 3.80. The van der Waals surface area contributed by atoms with Crippen molar-refractivity contribution < 1.29 is 4.92 Å². The Morgan fingerprint density at radius 2 is 1.72 bits per heavy atom. The molecule has 0 heterocycles. The predicted octanol–water partition coefficient (Wildman–Crippen LogP) is 3.69. The van der Waals surface area contributed by atoms with Crippen LogP contribution in [0.25, 0.3) is 0 Å². The number of nitrogens with zero attached hydrogens (tertiary/aromatic N) is 2. The van der Waals surface area contributed by atoms with E-state index in [-0.39, 0.29) is 34.6 Å². The number of benzene rings is 2. The number of halogens is 1. The molecule has 0 amide bonds. The quantitative estimate of drug-likeness (QED) is 0.238. The SMILES string of the molecule is CN=C(NCc1ccc(C)cc1C)NCc1ccccc1[N+](=O)[O-].I. The summed E-state index contributed by atoms with van der Waals surface area (Å²) in [7, 11) is 1.68. The molecule has 2 rings (SSSR count). The van der Waals surface area contributed by atoms with Crippen LogP contribution < -0.4 is 10.6 Å². The minimum atomic E-state index is -0.372. The molecule has 0 aromatic heterocycles. The molecule has 0 saturated heterocycles. The number of hydrogen-bond donors (Lipinski definition) is 2. The second-order valence-electron chi connectivity index (χ2n) is 5.60. The Bertz CT molecular complexity index is 762. The van der Waals surface area contributed by atoms with Crippen LogP contribution in [0.1, 0.15) is 22.3 Å². The topological polar surface area (TPSA) is 79.6 Å². The summed E-state index contributed by atoms with van der Waals surface area (Å²) in [5.41, 5.74) is 4.37. The van der Waals surface area contributed by atoms with Crippen molar-refractivity contribution in [3.05, 3.63) is 74.8 Å². The predicted molar refractivity (Wildman–Crippen MR) is 111 cm³/mol. The zero-order chi connectivity index (χ0) is 17.5. The maximum Gasteiger partial charge on any atom is 0.274 e. The van der Waals surface area contributed by atoms with Gasteiger partial charge in [0.05, 0.1) is 4.92 Å². The molecule has 2 N–H and O–H groups in total. The first kappa shape index (κ1) is 20.9. The van der Waals surface area contributed by atoms with Crippen LogP contribution in [-0.2, 0) is 13.1 Å². The van der Waals surface area contributed by atoms with Crippen molar-refractivity contribution in [1.29, 1.82) is 0 Å². The molecule has 0 bridgehead atoms. The first-order valence-electron chi connectivity index (χ1n) is 7.74. The van der Waals surface area contributed by atoms with Crippen LogP contribution in [0.3, 0.4) is 0 Å². The lowest BCUT2D eigenvalue weighted by Gasteiger charge is -2.13. The number of para-hydroxylation sites is 1. The summed E-state index contributed by atoms with van der Waals surface area (Å²) in [6.45, 7) is 5.12. The van der Waals surface area contributed by atoms with Crippen molar-refractivity contribution in [1.82, 2.24) is 10.6 Å². The van der Waals surface area contributed by atoms with Gasteiger partial charge >= 0.3 is 0 Å². The van der Waals surface area contributed by atoms with Crippen LogP contribution >= 0.6 is 24.0 Å². The second kappa shape index (κ2) is 9.97. The molecule has 7 heteroatoms. The minimum Gasteiger partial charge on any atom is -0.352 e. The van der Waals surface area contributed by atoms with E-state index in [1.807, 2.05) is 0 Å². The molecule has 134 valence electrons. The normalized spacial score (nSPS) is 10.8. The maximum absolute atomic E-state index is 11.0. The number of nitro groups is 1. The second-order valence-corrected chi connectivity index (χ2v) is 5.60. The average Bonchev–Trinajstić information content (AvgIpc) is 2.56. The summed E-state index contributed by atoms with van der Waals surface area (Å²) in [5, 5.41) is 17.4. The van der Waals surface area contributed by atoms with E-state index in [2.05, 4.69) is 47.7 Å². The number of guanidine groups is 1. The van der Waals surface area contributed by atoms with Crippen molar-refractivity contribution in [3.63, 3.8) is 0 Å². The summed E-state index contributed by atoms with van der Waals surface area (Å²) in [6.07, 6.45) is 0. The molecule has 0 aliphatic rings. The fraction of sp³-hybridized carbons (Fsp3) is 0.278. The monoisotopic (exact) mass is 454 g/mol. The van der Waals surface area contributed by atoms with E-state index in [9.17, 15) is 10.1 Å². The molecule has 25 heavy (non-hydrogen) atoms. The van der Waals surface area contributed by atoms with E-state index in [0.29, 0.717) is 24.6 Å². The van der Waals surface area contributed by atoms with E-state index in [1.165, 1.54) is 22.8 Å². The van der Waals surface area contributed by atoms with Gasteiger partial charge in [0.2, 0.25) is 0 Å². The van der Waals surface area contributed by atoms with E-state index in [4.69, 9.17) is 0 Å². The van der Waals surface area contributed by atoms with Crippen LogP contribution in [0.2, 0.25) is 0 Å². The molecule has 0 atom stereocenters. The minimum absolute atomic E-state index is 0. The number of aryl methyl sites for hydroxylation is 2. The van der Waals surface area contributed by atoms with Crippen molar-refractivity contribution in [2.24, 2.45) is 4.99 Å². The summed E-state index contributed by atoms with van der Waals surface area (Å²) in [6, 6.07) is 13.0. The first-order valence-corrected chi connectivity index (χ1v) is 7.74. The van der Waals surface area contributed by atoms with Crippen molar-refractivity contribution in [3.8, 4) is 0 Å². The molecular formula is C18H23IN4O2. The van der Waals surface area contributed by atoms with Gasteiger partial charge in [-0.15, -0.1) is 24.0 Å². The molecule has 0 spiro atoms. The van der Waals surface area contributed by atoms with Crippen LogP contribution in [0.4, 0.5) is 5.69 Å². The Labute approximate surface area is 164 Å². The van der Waals surface area contributed by atoms with Gasteiger partial charge in [0.25, 0.3) is 5.69 Å². The highest BCUT2D eigenvalue weighted by atomic mass is 127. The maximum atomic E-state index is 11.0. The molecule has 0 unspecified atom stereocenters. The van der Waals surface area contributed by atoms with Crippen molar-refractivity contribution in [2.45, 2.75) is 26.9 Å². The zero-order valence-electron chi connectivity index (χ0n) is 14.6. The molecule has 0 radical (unpaired) electrons. The number of nitrogens with one attached hydrogen (secondary N) is 2. The largest absolute Gasteiger partial charge is 0.352 e. The molecule has 0 aliphatic carbocycles. The van der Waals surface area contributed by atoms with Crippen LogP contribution in [0.5, 0.6) is 0 Å². The number of aliphatic imine (C=N–C) groups is 1. The number of rotatable bonds is 5. The Kier molecular flexibility index (Phi) is 8.33. The molecule has 2 aromatic rings. The third-order valence-corrected chi connectivity index (χ3v) is 3.80. The third kappa shape index (κ3) is 6.00. The lowest BCUT2D eigenvalue weighted by atomic mass is 10.1. The molecular weight excluding hydrogens is 431 g/mol. The highest BCUT2D eigenvalue weighted by Gasteiger charge is 2.12. The van der Waals surface area contributed by atoms with Gasteiger partial charge in [0.1, 0.15) is 0 Å². The highest BCUT2D eigenvalue weighted by molar-refractivity contribution is 14.0. The molecule has 0 aliphatic heterocycles. The number of nitro benzene ring substituents is 1. The fourth-order valence-electron chi connectivity index (χ4n) is 2.46. The van der Waals surface area contributed by atoms with Gasteiger partial charge in [-0.2, -0.15) is 0 Å². The molecule has 0 saturated carbocycles. The summed E-state index contributed by atoms with van der Waals surface area (Å²) in [5.74, 6) is 0.605. The first-order chi connectivity index (χ1) is 11.5. The molecule has 2 aromatic carbocycles. The van der Waals surface area contributed by atoms with Gasteiger partial charge in [-0.1, -0.05) is 42.0 Å². The highest BCUT2D eigenvalue weighted by Crippen LogP contribution is 2.17. The van der Waals surface area contributed by atoms with Gasteiger partial charge in [0.15, 0.2) is 5.96 Å². The average molecular weight is 454 g/mol. The summed E-state index contributed by atoms with van der Waals surface area (Å²) in [4.78, 5) is 14.8. The van der Waals surface area contributed by atoms with E-state index in [1.54, 1.807) is 25.2 Å². The molecule has 6 nitrogen and oxygen atoms in total.